The molecule has 1 aromatic carbocycles. The molecule has 0 aliphatic rings. The van der Waals surface area contributed by atoms with E-state index in [1.165, 1.54) is 0 Å². The molecule has 1 N–H and O–H groups in total. The summed E-state index contributed by atoms with van der Waals surface area (Å²) in [5, 5.41) is 0. The van der Waals surface area contributed by atoms with Gasteiger partial charge in [-0.2, -0.15) is 26.3 Å². The molecule has 0 heterocycles. The number of alkyl halides is 6. The molecule has 1 aromatic rings. The van der Waals surface area contributed by atoms with Crippen LogP contribution in [-0.2, 0) is 12.4 Å². The Hall–Kier alpha value is -1.40. The van der Waals surface area contributed by atoms with E-state index < -0.39 is 29.2 Å². The summed E-state index contributed by atoms with van der Waals surface area (Å²) in [6, 6.07) is 0.669. The van der Waals surface area contributed by atoms with Crippen molar-refractivity contribution in [2.45, 2.75) is 12.4 Å². The maximum Gasteiger partial charge on any atom is 0.416 e. The van der Waals surface area contributed by atoms with Gasteiger partial charge in [0.25, 0.3) is 0 Å². The monoisotopic (exact) mass is 228 g/mol. The molecule has 0 unspecified atom stereocenters. The van der Waals surface area contributed by atoms with Gasteiger partial charge < -0.3 is 5.73 Å². The third kappa shape index (κ3) is 2.77. The minimum atomic E-state index is -4.88. The second-order valence-corrected chi connectivity index (χ2v) is 2.79. The van der Waals surface area contributed by atoms with Gasteiger partial charge in [0.15, 0.2) is 0 Å². The highest BCUT2D eigenvalue weighted by atomic mass is 19.4. The zero-order valence-electron chi connectivity index (χ0n) is 7.00. The minimum Gasteiger partial charge on any atom is -0.699 e. The second-order valence-electron chi connectivity index (χ2n) is 2.79. The van der Waals surface area contributed by atoms with E-state index in [1.54, 1.807) is 0 Å². The first-order valence-electron chi connectivity index (χ1n) is 3.62. The summed E-state index contributed by atoms with van der Waals surface area (Å²) >= 11 is 0. The SMILES string of the molecule is [NH-]c1cc(C(F)(F)F)cc(C(F)(F)F)c1. The van der Waals surface area contributed by atoms with Crippen LogP contribution in [0.3, 0.4) is 0 Å². The van der Waals surface area contributed by atoms with Gasteiger partial charge >= 0.3 is 12.4 Å². The van der Waals surface area contributed by atoms with Crippen molar-refractivity contribution in [3.63, 3.8) is 0 Å². The van der Waals surface area contributed by atoms with Crippen LogP contribution >= 0.6 is 0 Å². The first-order chi connectivity index (χ1) is 6.60. The fraction of sp³-hybridized carbons (Fsp3) is 0.250. The molecule has 84 valence electrons. The largest absolute Gasteiger partial charge is 0.699 e. The molecule has 0 amide bonds. The van der Waals surface area contributed by atoms with Gasteiger partial charge in [0.05, 0.1) is 11.1 Å². The lowest BCUT2D eigenvalue weighted by Gasteiger charge is -2.15. The molecule has 7 heteroatoms. The van der Waals surface area contributed by atoms with Crippen molar-refractivity contribution >= 4 is 5.69 Å². The van der Waals surface area contributed by atoms with Gasteiger partial charge in [-0.25, -0.2) is 0 Å². The predicted octanol–water partition coefficient (Wildman–Crippen LogP) is 4.41. The number of hydrogen-bond acceptors (Lipinski definition) is 0. The van der Waals surface area contributed by atoms with Crippen LogP contribution in [0.1, 0.15) is 11.1 Å². The van der Waals surface area contributed by atoms with Crippen molar-refractivity contribution in [2.24, 2.45) is 0 Å². The second kappa shape index (κ2) is 3.32. The standard InChI is InChI=1S/C8H4F6N/c9-7(10,11)4-1-5(8(12,13)14)3-6(15)2-4/h1-3,15H/q-1. The third-order valence-corrected chi connectivity index (χ3v) is 1.59. The van der Waals surface area contributed by atoms with Crippen molar-refractivity contribution in [3.8, 4) is 0 Å². The Kier molecular flexibility index (Phi) is 2.58. The van der Waals surface area contributed by atoms with Gasteiger partial charge in [-0.3, -0.25) is 0 Å². The number of hydrogen-bond donors (Lipinski definition) is 0. The highest BCUT2D eigenvalue weighted by Gasteiger charge is 2.35. The van der Waals surface area contributed by atoms with Crippen LogP contribution in [0.25, 0.3) is 5.73 Å². The minimum absolute atomic E-state index is 0.0158. The highest BCUT2D eigenvalue weighted by Crippen LogP contribution is 2.37. The molecular weight excluding hydrogens is 224 g/mol. The lowest BCUT2D eigenvalue weighted by Crippen LogP contribution is -2.10. The van der Waals surface area contributed by atoms with Crippen LogP contribution in [0.5, 0.6) is 0 Å². The Bertz CT molecular complexity index is 332. The lowest BCUT2D eigenvalue weighted by atomic mass is 10.1. The van der Waals surface area contributed by atoms with Crippen molar-refractivity contribution in [2.75, 3.05) is 0 Å². The maximum atomic E-state index is 12.1. The normalized spacial score (nSPS) is 12.9. The number of halogens is 6. The van der Waals surface area contributed by atoms with E-state index >= 15 is 0 Å². The highest BCUT2D eigenvalue weighted by molar-refractivity contribution is 5.49. The zero-order chi connectivity index (χ0) is 11.9. The summed E-state index contributed by atoms with van der Waals surface area (Å²) in [6.07, 6.45) is -9.76. The van der Waals surface area contributed by atoms with Crippen molar-refractivity contribution in [1.29, 1.82) is 0 Å². The van der Waals surface area contributed by atoms with Gasteiger partial charge in [-0.15, -0.1) is 5.69 Å². The lowest BCUT2D eigenvalue weighted by molar-refractivity contribution is -0.143. The van der Waals surface area contributed by atoms with Crippen LogP contribution in [0, 0.1) is 0 Å². The third-order valence-electron chi connectivity index (χ3n) is 1.59. The van der Waals surface area contributed by atoms with Crippen LogP contribution < -0.4 is 0 Å². The van der Waals surface area contributed by atoms with E-state index in [0.29, 0.717) is 12.1 Å². The topological polar surface area (TPSA) is 23.8 Å². The molecule has 1 rings (SSSR count). The van der Waals surface area contributed by atoms with E-state index in [1.807, 2.05) is 0 Å². The molecule has 0 saturated heterocycles. The molecule has 0 radical (unpaired) electrons. The molecule has 0 bridgehead atoms. The fourth-order valence-corrected chi connectivity index (χ4v) is 0.955. The van der Waals surface area contributed by atoms with E-state index in [0.717, 1.165) is 0 Å². The first-order valence-corrected chi connectivity index (χ1v) is 3.62. The van der Waals surface area contributed by atoms with E-state index in [4.69, 9.17) is 5.73 Å². The Morgan fingerprint density at radius 1 is 0.733 bits per heavy atom. The van der Waals surface area contributed by atoms with Gasteiger partial charge in [-0.05, 0) is 6.07 Å². The van der Waals surface area contributed by atoms with Gasteiger partial charge in [0.1, 0.15) is 0 Å². The van der Waals surface area contributed by atoms with E-state index in [2.05, 4.69) is 0 Å². The number of nitrogens with one attached hydrogen (secondary N) is 1. The van der Waals surface area contributed by atoms with Crippen molar-refractivity contribution < 1.29 is 26.3 Å². The summed E-state index contributed by atoms with van der Waals surface area (Å²) < 4.78 is 72.5. The molecule has 0 aromatic heterocycles. The van der Waals surface area contributed by atoms with Crippen LogP contribution in [0.4, 0.5) is 32.0 Å². The van der Waals surface area contributed by atoms with Crippen LogP contribution in [0.2, 0.25) is 0 Å². The Balaban J connectivity index is 3.30. The first kappa shape index (κ1) is 11.7. The van der Waals surface area contributed by atoms with Gasteiger partial charge in [-0.1, -0.05) is 12.1 Å². The molecule has 15 heavy (non-hydrogen) atoms. The quantitative estimate of drug-likeness (QED) is 0.587. The predicted molar refractivity (Wildman–Crippen MR) is 40.4 cm³/mol. The van der Waals surface area contributed by atoms with Gasteiger partial charge in [0, 0.05) is 0 Å². The molecular formula is C8H4F6N-. The molecule has 0 atom stereocenters. The van der Waals surface area contributed by atoms with E-state index in [-0.39, 0.29) is 6.07 Å². The van der Waals surface area contributed by atoms with E-state index in [9.17, 15) is 26.3 Å². The summed E-state index contributed by atoms with van der Waals surface area (Å²) in [6.45, 7) is 0. The average molecular weight is 228 g/mol. The van der Waals surface area contributed by atoms with Gasteiger partial charge in [0.2, 0.25) is 0 Å². The molecule has 0 aliphatic heterocycles. The summed E-state index contributed by atoms with van der Waals surface area (Å²) in [5.41, 5.74) is 3.07. The van der Waals surface area contributed by atoms with Crippen molar-refractivity contribution in [3.05, 3.63) is 35.1 Å². The van der Waals surface area contributed by atoms with Crippen molar-refractivity contribution in [1.82, 2.24) is 0 Å². The summed E-state index contributed by atoms with van der Waals surface area (Å²) in [4.78, 5) is 0. The van der Waals surface area contributed by atoms with Crippen LogP contribution in [0.15, 0.2) is 18.2 Å². The Morgan fingerprint density at radius 2 is 1.07 bits per heavy atom. The number of rotatable bonds is 0. The maximum absolute atomic E-state index is 12.1. The Morgan fingerprint density at radius 3 is 1.33 bits per heavy atom. The molecule has 0 saturated carbocycles. The summed E-state index contributed by atoms with van der Waals surface area (Å²) in [5.74, 6) is 0. The Labute approximate surface area is 80.5 Å². The molecule has 0 fully saturated rings. The summed E-state index contributed by atoms with van der Waals surface area (Å²) in [7, 11) is 0. The molecule has 0 aliphatic carbocycles. The molecule has 0 spiro atoms. The fourth-order valence-electron chi connectivity index (χ4n) is 0.955. The number of benzene rings is 1. The van der Waals surface area contributed by atoms with Crippen LogP contribution in [-0.4, -0.2) is 0 Å². The zero-order valence-corrected chi connectivity index (χ0v) is 7.00. The molecule has 1 nitrogen and oxygen atoms in total. The average Bonchev–Trinajstić information content (AvgIpc) is 1.99. The smallest absolute Gasteiger partial charge is 0.416 e.